The van der Waals surface area contributed by atoms with Gasteiger partial charge in [-0.15, -0.1) is 6.58 Å². The summed E-state index contributed by atoms with van der Waals surface area (Å²) in [5, 5.41) is 0. The molecule has 0 saturated heterocycles. The second kappa shape index (κ2) is 5.17. The van der Waals surface area contributed by atoms with Crippen molar-refractivity contribution in [2.24, 2.45) is 11.8 Å². The second-order valence-electron chi connectivity index (χ2n) is 3.55. The van der Waals surface area contributed by atoms with Crippen LogP contribution in [0.4, 0.5) is 0 Å². The first-order valence-corrected chi connectivity index (χ1v) is 4.37. The zero-order valence-electron chi connectivity index (χ0n) is 8.22. The molecule has 0 saturated carbocycles. The molecule has 0 aliphatic rings. The molecule has 0 fully saturated rings. The van der Waals surface area contributed by atoms with Crippen LogP contribution in [-0.4, -0.2) is 0 Å². The van der Waals surface area contributed by atoms with Gasteiger partial charge in [0.15, 0.2) is 0 Å². The fraction of sp³-hybridized carbons (Fsp3) is 0.636. The fourth-order valence-electron chi connectivity index (χ4n) is 0.704. The third kappa shape index (κ3) is 4.83. The van der Waals surface area contributed by atoms with Crippen LogP contribution in [0.15, 0.2) is 24.3 Å². The van der Waals surface area contributed by atoms with E-state index in [2.05, 4.69) is 40.3 Å². The highest BCUT2D eigenvalue weighted by molar-refractivity contribution is 5.02. The minimum atomic E-state index is 0.615. The maximum atomic E-state index is 3.75. The van der Waals surface area contributed by atoms with Crippen molar-refractivity contribution in [2.75, 3.05) is 0 Å². The van der Waals surface area contributed by atoms with Crippen molar-refractivity contribution in [3.63, 3.8) is 0 Å². The molecule has 0 bridgehead atoms. The van der Waals surface area contributed by atoms with Crippen LogP contribution in [0.25, 0.3) is 0 Å². The summed E-state index contributed by atoms with van der Waals surface area (Å²) in [5.74, 6) is 1.30. The summed E-state index contributed by atoms with van der Waals surface area (Å²) in [6, 6.07) is 0. The number of hydrogen-bond donors (Lipinski definition) is 0. The van der Waals surface area contributed by atoms with E-state index in [4.69, 9.17) is 0 Å². The van der Waals surface area contributed by atoms with Gasteiger partial charge in [-0.05, 0) is 25.2 Å². The summed E-state index contributed by atoms with van der Waals surface area (Å²) in [6.07, 6.45) is 5.45. The Morgan fingerprint density at radius 1 is 1.36 bits per heavy atom. The molecule has 1 atom stereocenters. The first-order chi connectivity index (χ1) is 5.07. The third-order valence-electron chi connectivity index (χ3n) is 2.12. The predicted octanol–water partition coefficient (Wildman–Crippen LogP) is 3.80. The number of allylic oxidation sites excluding steroid dienone is 3. The van der Waals surface area contributed by atoms with Crippen LogP contribution in [0.3, 0.4) is 0 Å². The van der Waals surface area contributed by atoms with Crippen molar-refractivity contribution in [3.05, 3.63) is 24.3 Å². The smallest absolute Gasteiger partial charge is 0.0230 e. The molecule has 0 aromatic rings. The summed E-state index contributed by atoms with van der Waals surface area (Å²) < 4.78 is 0. The van der Waals surface area contributed by atoms with E-state index in [9.17, 15) is 0 Å². The van der Waals surface area contributed by atoms with Crippen LogP contribution in [0.1, 0.15) is 34.1 Å². The Hall–Kier alpha value is -0.520. The first kappa shape index (κ1) is 10.5. The van der Waals surface area contributed by atoms with Gasteiger partial charge in [0.2, 0.25) is 0 Å². The van der Waals surface area contributed by atoms with E-state index in [0.29, 0.717) is 11.8 Å². The first-order valence-electron chi connectivity index (χ1n) is 4.37. The number of rotatable bonds is 4. The maximum Gasteiger partial charge on any atom is -0.0230 e. The Kier molecular flexibility index (Phi) is 4.93. The molecule has 0 spiro atoms. The van der Waals surface area contributed by atoms with Crippen molar-refractivity contribution in [1.29, 1.82) is 0 Å². The molecule has 0 aromatic carbocycles. The van der Waals surface area contributed by atoms with E-state index in [1.807, 2.05) is 6.08 Å². The van der Waals surface area contributed by atoms with Gasteiger partial charge in [0.05, 0.1) is 0 Å². The average Bonchev–Trinajstić information content (AvgIpc) is 1.99. The zero-order valence-corrected chi connectivity index (χ0v) is 8.22. The van der Waals surface area contributed by atoms with Gasteiger partial charge in [0.25, 0.3) is 0 Å². The molecule has 0 aromatic heterocycles. The van der Waals surface area contributed by atoms with Gasteiger partial charge in [-0.25, -0.2) is 0 Å². The number of hydrogen-bond acceptors (Lipinski definition) is 0. The lowest BCUT2D eigenvalue weighted by molar-refractivity contribution is 0.713. The predicted molar refractivity (Wildman–Crippen MR) is 52.6 cm³/mol. The van der Waals surface area contributed by atoms with Gasteiger partial charge in [-0.2, -0.15) is 0 Å². The van der Waals surface area contributed by atoms with Gasteiger partial charge in [0, 0.05) is 0 Å². The summed E-state index contributed by atoms with van der Waals surface area (Å²) >= 11 is 0. The quantitative estimate of drug-likeness (QED) is 0.537. The van der Waals surface area contributed by atoms with Crippen molar-refractivity contribution >= 4 is 0 Å². The lowest BCUT2D eigenvalue weighted by atomic mass is 10.0. The van der Waals surface area contributed by atoms with Gasteiger partial charge < -0.3 is 0 Å². The van der Waals surface area contributed by atoms with E-state index in [1.165, 1.54) is 5.57 Å². The van der Waals surface area contributed by atoms with Crippen molar-refractivity contribution in [2.45, 2.75) is 34.1 Å². The summed E-state index contributed by atoms with van der Waals surface area (Å²) in [4.78, 5) is 0. The summed E-state index contributed by atoms with van der Waals surface area (Å²) in [5.41, 5.74) is 1.48. The molecule has 0 aliphatic heterocycles. The molecule has 0 radical (unpaired) electrons. The highest BCUT2D eigenvalue weighted by atomic mass is 14.0. The van der Waals surface area contributed by atoms with Gasteiger partial charge >= 0.3 is 0 Å². The molecular formula is C11H20. The van der Waals surface area contributed by atoms with Crippen LogP contribution in [0.2, 0.25) is 0 Å². The van der Waals surface area contributed by atoms with Gasteiger partial charge in [-0.3, -0.25) is 0 Å². The molecule has 0 heteroatoms. The van der Waals surface area contributed by atoms with E-state index >= 15 is 0 Å². The van der Waals surface area contributed by atoms with Crippen molar-refractivity contribution in [3.8, 4) is 0 Å². The van der Waals surface area contributed by atoms with E-state index in [0.717, 1.165) is 6.42 Å². The summed E-state index contributed by atoms with van der Waals surface area (Å²) in [7, 11) is 0. The SMILES string of the molecule is C=CC(C)CC=C(C)C(C)C. The van der Waals surface area contributed by atoms with Gasteiger partial charge in [-0.1, -0.05) is 38.5 Å². The minimum Gasteiger partial charge on any atom is -0.103 e. The molecule has 11 heavy (non-hydrogen) atoms. The van der Waals surface area contributed by atoms with Crippen LogP contribution in [0, 0.1) is 11.8 Å². The Balaban J connectivity index is 3.81. The Morgan fingerprint density at radius 2 is 1.91 bits per heavy atom. The van der Waals surface area contributed by atoms with E-state index in [-0.39, 0.29) is 0 Å². The minimum absolute atomic E-state index is 0.615. The van der Waals surface area contributed by atoms with E-state index < -0.39 is 0 Å². The average molecular weight is 152 g/mol. The van der Waals surface area contributed by atoms with Crippen molar-refractivity contribution < 1.29 is 0 Å². The molecule has 0 aliphatic carbocycles. The maximum absolute atomic E-state index is 3.75. The Labute approximate surface area is 71.0 Å². The standard InChI is InChI=1S/C11H20/c1-6-10(4)7-8-11(5)9(2)3/h6,8-10H,1,7H2,2-5H3. The van der Waals surface area contributed by atoms with Crippen LogP contribution in [-0.2, 0) is 0 Å². The lowest BCUT2D eigenvalue weighted by Crippen LogP contribution is -1.91. The largest absolute Gasteiger partial charge is 0.103 e. The fourth-order valence-corrected chi connectivity index (χ4v) is 0.704. The monoisotopic (exact) mass is 152 g/mol. The highest BCUT2D eigenvalue weighted by Gasteiger charge is 1.96. The van der Waals surface area contributed by atoms with Crippen LogP contribution < -0.4 is 0 Å². The lowest BCUT2D eigenvalue weighted by Gasteiger charge is -2.06. The normalized spacial score (nSPS) is 15.2. The zero-order chi connectivity index (χ0) is 8.85. The molecule has 0 amide bonds. The molecule has 1 unspecified atom stereocenters. The molecule has 64 valence electrons. The third-order valence-corrected chi connectivity index (χ3v) is 2.12. The molecule has 0 rings (SSSR count). The summed E-state index contributed by atoms with van der Waals surface area (Å²) in [6.45, 7) is 12.6. The van der Waals surface area contributed by atoms with Crippen LogP contribution >= 0.6 is 0 Å². The van der Waals surface area contributed by atoms with Gasteiger partial charge in [0.1, 0.15) is 0 Å². The van der Waals surface area contributed by atoms with Crippen LogP contribution in [0.5, 0.6) is 0 Å². The Morgan fingerprint density at radius 3 is 2.27 bits per heavy atom. The highest BCUT2D eigenvalue weighted by Crippen LogP contribution is 2.12. The second-order valence-corrected chi connectivity index (χ2v) is 3.55. The van der Waals surface area contributed by atoms with E-state index in [1.54, 1.807) is 0 Å². The molecule has 0 nitrogen and oxygen atoms in total. The molecule has 0 N–H and O–H groups in total. The van der Waals surface area contributed by atoms with Crippen molar-refractivity contribution in [1.82, 2.24) is 0 Å². The topological polar surface area (TPSA) is 0 Å². The molecular weight excluding hydrogens is 132 g/mol. The Bertz CT molecular complexity index is 140. The molecule has 0 heterocycles.